The molecule has 8 nitrogen and oxygen atoms in total. The van der Waals surface area contributed by atoms with Crippen molar-refractivity contribution in [2.24, 2.45) is 0 Å². The molecule has 1 amide bonds. The third-order valence-corrected chi connectivity index (χ3v) is 5.62. The molecule has 0 saturated carbocycles. The average Bonchev–Trinajstić information content (AvgIpc) is 2.67. The molecule has 29 heavy (non-hydrogen) atoms. The Balaban J connectivity index is 2.23. The summed E-state index contributed by atoms with van der Waals surface area (Å²) in [5.41, 5.74) is 0.693. The molecule has 2 aromatic carbocycles. The SMILES string of the molecule is CCOC(=O)c1cccc(NC(=O)CN(c2ccc(F)cc2)S(=O)(=O)N(C)C)c1. The van der Waals surface area contributed by atoms with E-state index in [0.29, 0.717) is 5.69 Å². The number of nitrogens with zero attached hydrogens (tertiary/aromatic N) is 2. The van der Waals surface area contributed by atoms with Crippen molar-refractivity contribution in [2.45, 2.75) is 6.92 Å². The quantitative estimate of drug-likeness (QED) is 0.657. The number of esters is 1. The molecule has 0 unspecified atom stereocenters. The predicted molar refractivity (Wildman–Crippen MR) is 107 cm³/mol. The van der Waals surface area contributed by atoms with E-state index in [1.165, 1.54) is 38.4 Å². The van der Waals surface area contributed by atoms with Crippen LogP contribution in [0.25, 0.3) is 0 Å². The molecule has 10 heteroatoms. The first-order valence-corrected chi connectivity index (χ1v) is 10.1. The smallest absolute Gasteiger partial charge is 0.338 e. The second-order valence-corrected chi connectivity index (χ2v) is 8.19. The van der Waals surface area contributed by atoms with Gasteiger partial charge in [0.05, 0.1) is 17.9 Å². The molecule has 0 aromatic heterocycles. The van der Waals surface area contributed by atoms with Crippen molar-refractivity contribution in [1.82, 2.24) is 4.31 Å². The van der Waals surface area contributed by atoms with Crippen molar-refractivity contribution in [3.63, 3.8) is 0 Å². The van der Waals surface area contributed by atoms with E-state index in [1.807, 2.05) is 0 Å². The number of nitrogens with one attached hydrogen (secondary N) is 1. The highest BCUT2D eigenvalue weighted by molar-refractivity contribution is 7.90. The standard InChI is InChI=1S/C19H22FN3O5S/c1-4-28-19(25)14-6-5-7-16(12-14)21-18(24)13-23(29(26,27)22(2)3)17-10-8-15(20)9-11-17/h5-12H,4,13H2,1-3H3,(H,21,24). The summed E-state index contributed by atoms with van der Waals surface area (Å²) in [5, 5.41) is 2.56. The molecule has 0 saturated heterocycles. The van der Waals surface area contributed by atoms with Crippen LogP contribution < -0.4 is 9.62 Å². The first-order chi connectivity index (χ1) is 13.6. The molecule has 0 aliphatic heterocycles. The van der Waals surface area contributed by atoms with Crippen LogP contribution in [0.5, 0.6) is 0 Å². The van der Waals surface area contributed by atoms with Crippen LogP contribution in [0.2, 0.25) is 0 Å². The summed E-state index contributed by atoms with van der Waals surface area (Å²) >= 11 is 0. The van der Waals surface area contributed by atoms with E-state index >= 15 is 0 Å². The summed E-state index contributed by atoms with van der Waals surface area (Å²) < 4.78 is 45.2. The highest BCUT2D eigenvalue weighted by Gasteiger charge is 2.27. The third kappa shape index (κ3) is 5.75. The molecule has 2 rings (SSSR count). The predicted octanol–water partition coefficient (Wildman–Crippen LogP) is 2.25. The van der Waals surface area contributed by atoms with Crippen LogP contribution >= 0.6 is 0 Å². The van der Waals surface area contributed by atoms with Crippen LogP contribution in [-0.4, -0.2) is 51.8 Å². The molecule has 0 atom stereocenters. The highest BCUT2D eigenvalue weighted by Crippen LogP contribution is 2.20. The lowest BCUT2D eigenvalue weighted by molar-refractivity contribution is -0.114. The Morgan fingerprint density at radius 1 is 1.10 bits per heavy atom. The average molecular weight is 423 g/mol. The van der Waals surface area contributed by atoms with E-state index < -0.39 is 34.4 Å². The van der Waals surface area contributed by atoms with Gasteiger partial charge < -0.3 is 10.1 Å². The van der Waals surface area contributed by atoms with E-state index in [1.54, 1.807) is 19.1 Å². The topological polar surface area (TPSA) is 96.0 Å². The molecule has 0 heterocycles. The largest absolute Gasteiger partial charge is 0.462 e. The van der Waals surface area contributed by atoms with Crippen LogP contribution in [0.15, 0.2) is 48.5 Å². The van der Waals surface area contributed by atoms with Crippen molar-refractivity contribution in [3.8, 4) is 0 Å². The van der Waals surface area contributed by atoms with E-state index in [2.05, 4.69) is 5.32 Å². The number of hydrogen-bond acceptors (Lipinski definition) is 5. The molecule has 0 aliphatic carbocycles. The zero-order chi connectivity index (χ0) is 21.6. The number of amides is 1. The summed E-state index contributed by atoms with van der Waals surface area (Å²) in [7, 11) is -1.36. The Kier molecular flexibility index (Phi) is 7.29. The maximum atomic E-state index is 13.2. The van der Waals surface area contributed by atoms with Crippen LogP contribution in [0.3, 0.4) is 0 Å². The molecule has 1 N–H and O–H groups in total. The fraction of sp³-hybridized carbons (Fsp3) is 0.263. The molecule has 0 spiro atoms. The number of halogens is 1. The number of carbonyl (C=O) groups is 2. The van der Waals surface area contributed by atoms with Crippen molar-refractivity contribution in [2.75, 3.05) is 36.9 Å². The normalized spacial score (nSPS) is 11.2. The second-order valence-electron chi connectivity index (χ2n) is 6.12. The minimum absolute atomic E-state index is 0.135. The van der Waals surface area contributed by atoms with Gasteiger partial charge in [-0.1, -0.05) is 6.07 Å². The molecule has 0 aliphatic rings. The van der Waals surface area contributed by atoms with Crippen molar-refractivity contribution >= 4 is 33.5 Å². The Bertz CT molecular complexity index is 978. The van der Waals surface area contributed by atoms with Crippen molar-refractivity contribution in [1.29, 1.82) is 0 Å². The highest BCUT2D eigenvalue weighted by atomic mass is 32.2. The van der Waals surface area contributed by atoms with E-state index in [0.717, 1.165) is 20.7 Å². The Hall–Kier alpha value is -2.98. The molecular weight excluding hydrogens is 401 g/mol. The van der Waals surface area contributed by atoms with Gasteiger partial charge in [0.1, 0.15) is 12.4 Å². The number of rotatable bonds is 8. The van der Waals surface area contributed by atoms with Crippen molar-refractivity contribution < 1.29 is 27.1 Å². The second kappa shape index (κ2) is 9.48. The van der Waals surface area contributed by atoms with E-state index in [9.17, 15) is 22.4 Å². The minimum atomic E-state index is -4.01. The molecular formula is C19H22FN3O5S. The Morgan fingerprint density at radius 2 is 1.76 bits per heavy atom. The molecule has 0 bridgehead atoms. The lowest BCUT2D eigenvalue weighted by Gasteiger charge is -2.26. The summed E-state index contributed by atoms with van der Waals surface area (Å²) in [5.74, 6) is -1.70. The van der Waals surface area contributed by atoms with Gasteiger partial charge >= 0.3 is 16.2 Å². The van der Waals surface area contributed by atoms with Gasteiger partial charge in [-0.15, -0.1) is 0 Å². The lowest BCUT2D eigenvalue weighted by Crippen LogP contribution is -2.44. The fourth-order valence-electron chi connectivity index (χ4n) is 2.38. The van der Waals surface area contributed by atoms with Crippen LogP contribution in [0.4, 0.5) is 15.8 Å². The first kappa shape index (κ1) is 22.3. The summed E-state index contributed by atoms with van der Waals surface area (Å²) in [6, 6.07) is 10.8. The summed E-state index contributed by atoms with van der Waals surface area (Å²) in [6.07, 6.45) is 0. The van der Waals surface area contributed by atoms with Crippen LogP contribution in [-0.2, 0) is 19.7 Å². The zero-order valence-electron chi connectivity index (χ0n) is 16.3. The summed E-state index contributed by atoms with van der Waals surface area (Å²) in [6.45, 7) is 1.35. The third-order valence-electron chi connectivity index (χ3n) is 3.80. The summed E-state index contributed by atoms with van der Waals surface area (Å²) in [4.78, 5) is 24.3. The van der Waals surface area contributed by atoms with Gasteiger partial charge in [-0.25, -0.2) is 13.5 Å². The number of benzene rings is 2. The van der Waals surface area contributed by atoms with Gasteiger partial charge in [0.2, 0.25) is 5.91 Å². The van der Waals surface area contributed by atoms with Crippen molar-refractivity contribution in [3.05, 3.63) is 59.9 Å². The minimum Gasteiger partial charge on any atom is -0.462 e. The van der Waals surface area contributed by atoms with Gasteiger partial charge in [0.15, 0.2) is 0 Å². The van der Waals surface area contributed by atoms with E-state index in [4.69, 9.17) is 4.74 Å². The lowest BCUT2D eigenvalue weighted by atomic mass is 10.2. The first-order valence-electron chi connectivity index (χ1n) is 8.68. The molecule has 0 fully saturated rings. The zero-order valence-corrected chi connectivity index (χ0v) is 17.1. The van der Waals surface area contributed by atoms with Crippen LogP contribution in [0.1, 0.15) is 17.3 Å². The van der Waals surface area contributed by atoms with Gasteiger partial charge in [-0.3, -0.25) is 4.79 Å². The Labute approximate surface area is 169 Å². The number of hydrogen-bond donors (Lipinski definition) is 1. The molecule has 0 radical (unpaired) electrons. The van der Waals surface area contributed by atoms with Crippen LogP contribution in [0, 0.1) is 5.82 Å². The monoisotopic (exact) mass is 423 g/mol. The maximum absolute atomic E-state index is 13.2. The van der Waals surface area contributed by atoms with Gasteiger partial charge in [0.25, 0.3) is 0 Å². The van der Waals surface area contributed by atoms with Gasteiger partial charge in [0, 0.05) is 19.8 Å². The van der Waals surface area contributed by atoms with E-state index in [-0.39, 0.29) is 17.9 Å². The Morgan fingerprint density at radius 3 is 2.34 bits per heavy atom. The number of carbonyl (C=O) groups excluding carboxylic acids is 2. The van der Waals surface area contributed by atoms with Gasteiger partial charge in [-0.05, 0) is 49.4 Å². The molecule has 2 aromatic rings. The number of ether oxygens (including phenoxy) is 1. The maximum Gasteiger partial charge on any atom is 0.338 e. The van der Waals surface area contributed by atoms with Gasteiger partial charge in [-0.2, -0.15) is 12.7 Å². The number of anilines is 2. The fourth-order valence-corrected chi connectivity index (χ4v) is 3.44. The molecule has 156 valence electrons.